The van der Waals surface area contributed by atoms with Gasteiger partial charge in [-0.2, -0.15) is 5.10 Å². The van der Waals surface area contributed by atoms with Crippen molar-refractivity contribution in [1.82, 2.24) is 10.2 Å². The number of hydrogen-bond donors (Lipinski definition) is 1. The van der Waals surface area contributed by atoms with Crippen molar-refractivity contribution in [3.63, 3.8) is 0 Å². The fourth-order valence-corrected chi connectivity index (χ4v) is 5.90. The smallest absolute Gasteiger partial charge is 0.248 e. The fraction of sp³-hybridized carbons (Fsp3) is 0.520. The van der Waals surface area contributed by atoms with E-state index in [-0.39, 0.29) is 23.7 Å². The number of nitrogens with zero attached hydrogens (tertiary/aromatic N) is 1. The molecule has 1 heterocycles. The topological polar surface area (TPSA) is 45.8 Å². The lowest BCUT2D eigenvalue weighted by molar-refractivity contribution is -0.118. The van der Waals surface area contributed by atoms with E-state index in [2.05, 4.69) is 48.3 Å². The molecule has 0 saturated heterocycles. The number of allylic oxidation sites excluding steroid dienone is 2. The summed E-state index contributed by atoms with van der Waals surface area (Å²) in [5, 5.41) is 7.57. The number of aryl methyl sites for hydroxylation is 1. The quantitative estimate of drug-likeness (QED) is 0.606. The number of aromatic amines is 1. The van der Waals surface area contributed by atoms with Crippen LogP contribution in [0.3, 0.4) is 0 Å². The Morgan fingerprint density at radius 3 is 2.47 bits per heavy atom. The minimum absolute atomic E-state index is 0.0623. The van der Waals surface area contributed by atoms with Gasteiger partial charge in [0.1, 0.15) is 0 Å². The Morgan fingerprint density at radius 2 is 1.77 bits per heavy atom. The van der Waals surface area contributed by atoms with Gasteiger partial charge in [0.05, 0.1) is 11.6 Å². The first-order chi connectivity index (χ1) is 14.2. The number of halogens is 2. The number of alkyl halides is 2. The van der Waals surface area contributed by atoms with Crippen LogP contribution < -0.4 is 0 Å². The lowest BCUT2D eigenvalue weighted by Crippen LogP contribution is -2.41. The molecule has 1 spiro atoms. The maximum atomic E-state index is 13.3. The van der Waals surface area contributed by atoms with Crippen LogP contribution in [0.1, 0.15) is 74.8 Å². The van der Waals surface area contributed by atoms with Gasteiger partial charge in [-0.1, -0.05) is 43.7 Å². The Hall–Kier alpha value is -2.30. The zero-order valence-electron chi connectivity index (χ0n) is 17.7. The van der Waals surface area contributed by atoms with Gasteiger partial charge in [0.25, 0.3) is 0 Å². The molecule has 1 fully saturated rings. The SMILES string of the molecule is CC1(C)CC(=O)C2=C(Cc3[nH]ncc3[C@@]23CCc2ccccc23)C1.FC1(F)CCC1. The minimum atomic E-state index is -2.28. The van der Waals surface area contributed by atoms with Crippen molar-refractivity contribution < 1.29 is 13.6 Å². The summed E-state index contributed by atoms with van der Waals surface area (Å²) in [6.45, 7) is 4.43. The van der Waals surface area contributed by atoms with E-state index in [1.54, 1.807) is 0 Å². The molecule has 1 aromatic carbocycles. The Morgan fingerprint density at radius 1 is 1.03 bits per heavy atom. The number of carbonyl (C=O) groups is 1. The molecule has 2 aromatic rings. The number of hydrogen-bond acceptors (Lipinski definition) is 2. The molecule has 4 aliphatic carbocycles. The number of fused-ring (bicyclic) bond motifs is 5. The van der Waals surface area contributed by atoms with Gasteiger partial charge in [-0.3, -0.25) is 9.89 Å². The van der Waals surface area contributed by atoms with E-state index in [9.17, 15) is 13.6 Å². The molecule has 4 aliphatic rings. The number of rotatable bonds is 0. The Balaban J connectivity index is 0.000000279. The van der Waals surface area contributed by atoms with Gasteiger partial charge in [0.15, 0.2) is 5.78 Å². The molecule has 6 rings (SSSR count). The molecule has 1 aromatic heterocycles. The molecule has 1 N–H and O–H groups in total. The molecular formula is C25H28F2N2O. The second-order valence-corrected chi connectivity index (χ2v) is 10.1. The van der Waals surface area contributed by atoms with Crippen molar-refractivity contribution in [2.75, 3.05) is 0 Å². The van der Waals surface area contributed by atoms with Crippen LogP contribution in [0.15, 0.2) is 41.6 Å². The van der Waals surface area contributed by atoms with Gasteiger partial charge in [-0.15, -0.1) is 0 Å². The largest absolute Gasteiger partial charge is 0.294 e. The van der Waals surface area contributed by atoms with Crippen LogP contribution in [0.5, 0.6) is 0 Å². The predicted molar refractivity (Wildman–Crippen MR) is 112 cm³/mol. The van der Waals surface area contributed by atoms with Crippen LogP contribution in [0.2, 0.25) is 0 Å². The van der Waals surface area contributed by atoms with E-state index in [1.807, 2.05) is 6.20 Å². The number of ketones is 1. The van der Waals surface area contributed by atoms with Crippen molar-refractivity contribution in [1.29, 1.82) is 0 Å². The summed E-state index contributed by atoms with van der Waals surface area (Å²) in [7, 11) is 0. The number of nitrogens with one attached hydrogen (secondary N) is 1. The van der Waals surface area contributed by atoms with Crippen molar-refractivity contribution in [2.24, 2.45) is 5.41 Å². The normalized spacial score (nSPS) is 27.5. The van der Waals surface area contributed by atoms with Gasteiger partial charge in [0.2, 0.25) is 5.92 Å². The second kappa shape index (κ2) is 6.60. The van der Waals surface area contributed by atoms with E-state index in [0.29, 0.717) is 18.6 Å². The van der Waals surface area contributed by atoms with Gasteiger partial charge in [0, 0.05) is 42.5 Å². The van der Waals surface area contributed by atoms with E-state index < -0.39 is 5.92 Å². The van der Waals surface area contributed by atoms with Gasteiger partial charge in [-0.25, -0.2) is 8.78 Å². The van der Waals surface area contributed by atoms with Crippen molar-refractivity contribution >= 4 is 5.78 Å². The molecule has 0 radical (unpaired) electrons. The average Bonchev–Trinajstić information content (AvgIpc) is 3.26. The fourth-order valence-electron chi connectivity index (χ4n) is 5.90. The van der Waals surface area contributed by atoms with Gasteiger partial charge < -0.3 is 0 Å². The van der Waals surface area contributed by atoms with E-state index in [4.69, 9.17) is 0 Å². The van der Waals surface area contributed by atoms with E-state index >= 15 is 0 Å². The van der Waals surface area contributed by atoms with E-state index in [1.165, 1.54) is 28.0 Å². The third-order valence-corrected chi connectivity index (χ3v) is 7.29. The highest BCUT2D eigenvalue weighted by molar-refractivity contribution is 6.02. The highest BCUT2D eigenvalue weighted by Crippen LogP contribution is 2.57. The van der Waals surface area contributed by atoms with Crippen LogP contribution >= 0.6 is 0 Å². The maximum absolute atomic E-state index is 13.3. The minimum Gasteiger partial charge on any atom is -0.294 e. The highest BCUT2D eigenvalue weighted by Gasteiger charge is 2.52. The first-order valence-electron chi connectivity index (χ1n) is 11.0. The molecule has 1 saturated carbocycles. The molecule has 1 atom stereocenters. The summed E-state index contributed by atoms with van der Waals surface area (Å²) < 4.78 is 23.1. The number of benzene rings is 1. The third-order valence-electron chi connectivity index (χ3n) is 7.29. The predicted octanol–water partition coefficient (Wildman–Crippen LogP) is 5.69. The summed E-state index contributed by atoms with van der Waals surface area (Å²) in [6, 6.07) is 8.66. The molecule has 0 aliphatic heterocycles. The molecule has 0 bridgehead atoms. The summed E-state index contributed by atoms with van der Waals surface area (Å²) in [5.74, 6) is -1.93. The number of Topliss-reactive ketones (excluding diaryl/α,β-unsaturated/α-hetero) is 1. The number of H-pyrrole nitrogens is 1. The monoisotopic (exact) mass is 410 g/mol. The van der Waals surface area contributed by atoms with Crippen LogP contribution in [-0.2, 0) is 23.1 Å². The molecule has 5 heteroatoms. The summed E-state index contributed by atoms with van der Waals surface area (Å²) >= 11 is 0. The standard InChI is InChI=1S/C21H22N2O.C4H6F2/c1-20(2)10-14-9-17-16(12-22-23-17)21(19(14)18(24)11-20)8-7-13-5-3-4-6-15(13)21;5-4(6)2-1-3-4/h3-6,12H,7-11H2,1-2H3,(H,22,23);1-3H2/t21-;/m0./s1. The number of carbonyl (C=O) groups excluding carboxylic acids is 1. The molecule has 158 valence electrons. The summed E-state index contributed by atoms with van der Waals surface area (Å²) in [5.41, 5.74) is 7.39. The zero-order chi connectivity index (χ0) is 21.1. The lowest BCUT2D eigenvalue weighted by Gasteiger charge is -2.43. The molecule has 30 heavy (non-hydrogen) atoms. The third kappa shape index (κ3) is 2.97. The Bertz CT molecular complexity index is 1040. The Kier molecular flexibility index (Phi) is 4.32. The average molecular weight is 411 g/mol. The van der Waals surface area contributed by atoms with Crippen LogP contribution in [0, 0.1) is 5.41 Å². The molecule has 3 nitrogen and oxygen atoms in total. The van der Waals surface area contributed by atoms with Crippen LogP contribution in [0.4, 0.5) is 8.78 Å². The van der Waals surface area contributed by atoms with Gasteiger partial charge in [-0.05, 0) is 42.2 Å². The maximum Gasteiger partial charge on any atom is 0.248 e. The summed E-state index contributed by atoms with van der Waals surface area (Å²) in [4.78, 5) is 13.3. The highest BCUT2D eigenvalue weighted by atomic mass is 19.3. The van der Waals surface area contributed by atoms with Crippen LogP contribution in [0.25, 0.3) is 0 Å². The first-order valence-corrected chi connectivity index (χ1v) is 11.0. The molecular weight excluding hydrogens is 382 g/mol. The van der Waals surface area contributed by atoms with E-state index in [0.717, 1.165) is 31.3 Å². The summed E-state index contributed by atoms with van der Waals surface area (Å²) in [6.07, 6.45) is 7.46. The van der Waals surface area contributed by atoms with Gasteiger partial charge >= 0.3 is 0 Å². The van der Waals surface area contributed by atoms with Crippen LogP contribution in [-0.4, -0.2) is 21.9 Å². The van der Waals surface area contributed by atoms with Crippen molar-refractivity contribution in [2.45, 2.75) is 76.6 Å². The first kappa shape index (κ1) is 19.7. The molecule has 0 amide bonds. The van der Waals surface area contributed by atoms with Crippen molar-refractivity contribution in [3.8, 4) is 0 Å². The lowest BCUT2D eigenvalue weighted by atomic mass is 9.58. The second-order valence-electron chi connectivity index (χ2n) is 10.1. The number of aromatic nitrogens is 2. The molecule has 0 unspecified atom stereocenters. The Labute approximate surface area is 176 Å². The van der Waals surface area contributed by atoms with Crippen molar-refractivity contribution in [3.05, 3.63) is 64.0 Å². The zero-order valence-corrected chi connectivity index (χ0v) is 17.7.